The Morgan fingerprint density at radius 2 is 2.00 bits per heavy atom. The second-order valence-corrected chi connectivity index (χ2v) is 6.87. The van der Waals surface area contributed by atoms with Crippen molar-refractivity contribution in [3.8, 4) is 5.75 Å². The lowest BCUT2D eigenvalue weighted by molar-refractivity contribution is -0.145. The lowest BCUT2D eigenvalue weighted by Crippen LogP contribution is -2.31. The normalized spacial score (nSPS) is 10.4. The van der Waals surface area contributed by atoms with Crippen molar-refractivity contribution in [1.82, 2.24) is 10.7 Å². The number of nitrogens with one attached hydrogen (secondary N) is 2. The highest BCUT2D eigenvalue weighted by Gasteiger charge is 2.11. The first-order chi connectivity index (χ1) is 11.0. The lowest BCUT2D eigenvalue weighted by Gasteiger charge is -2.10. The second kappa shape index (κ2) is 11.0. The van der Waals surface area contributed by atoms with E-state index < -0.39 is 0 Å². The van der Waals surface area contributed by atoms with Crippen LogP contribution in [-0.4, -0.2) is 37.1 Å². The Kier molecular flexibility index (Phi) is 9.71. The second-order valence-electron chi connectivity index (χ2n) is 4.14. The predicted octanol–water partition coefficient (Wildman–Crippen LogP) is 2.66. The van der Waals surface area contributed by atoms with E-state index in [2.05, 4.69) is 61.0 Å². The van der Waals surface area contributed by atoms with Crippen LogP contribution in [-0.2, 0) is 9.53 Å². The molecule has 1 aromatic rings. The van der Waals surface area contributed by atoms with Gasteiger partial charge in [0, 0.05) is 6.54 Å². The van der Waals surface area contributed by atoms with Gasteiger partial charge in [-0.3, -0.25) is 5.43 Å². The van der Waals surface area contributed by atoms with Crippen LogP contribution in [0.5, 0.6) is 5.75 Å². The molecule has 0 heterocycles. The van der Waals surface area contributed by atoms with E-state index in [-0.39, 0.29) is 12.6 Å². The summed E-state index contributed by atoms with van der Waals surface area (Å²) in [5, 5.41) is 7.49. The number of nitrogens with zero attached hydrogens (tertiary/aromatic N) is 1. The minimum Gasteiger partial charge on any atom is -0.480 e. The molecule has 126 valence electrons. The van der Waals surface area contributed by atoms with E-state index in [1.54, 1.807) is 13.1 Å². The molecule has 1 rings (SSSR count). The Labute approximate surface area is 168 Å². The van der Waals surface area contributed by atoms with E-state index in [1.807, 2.05) is 19.1 Å². The molecule has 0 aliphatic heterocycles. The molecule has 0 amide bonds. The fraction of sp³-hybridized carbons (Fsp3) is 0.357. The monoisotopic (exact) mass is 561 g/mol. The molecule has 0 fully saturated rings. The van der Waals surface area contributed by atoms with Gasteiger partial charge in [0.1, 0.15) is 5.75 Å². The van der Waals surface area contributed by atoms with Gasteiger partial charge in [-0.2, -0.15) is 5.10 Å². The molecule has 0 bridgehead atoms. The number of ether oxygens (including phenoxy) is 2. The Hall–Kier alpha value is -0.690. The zero-order valence-electron chi connectivity index (χ0n) is 12.7. The summed E-state index contributed by atoms with van der Waals surface area (Å²) in [6.45, 7) is 4.69. The summed E-state index contributed by atoms with van der Waals surface area (Å²) in [6.07, 6.45) is 1.67. The third-order valence-electron chi connectivity index (χ3n) is 2.38. The predicted molar refractivity (Wildman–Crippen MR) is 111 cm³/mol. The molecule has 23 heavy (non-hydrogen) atoms. The molecule has 0 atom stereocenters. The van der Waals surface area contributed by atoms with E-state index in [4.69, 9.17) is 21.7 Å². The maximum Gasteiger partial charge on any atom is 0.344 e. The van der Waals surface area contributed by atoms with E-state index in [9.17, 15) is 4.79 Å². The van der Waals surface area contributed by atoms with E-state index in [1.165, 1.54) is 0 Å². The van der Waals surface area contributed by atoms with Gasteiger partial charge in [-0.05, 0) is 88.9 Å². The van der Waals surface area contributed by atoms with Crippen LogP contribution in [0.1, 0.15) is 19.4 Å². The van der Waals surface area contributed by atoms with Gasteiger partial charge in [0.25, 0.3) is 0 Å². The molecule has 6 nitrogen and oxygen atoms in total. The highest BCUT2D eigenvalue weighted by Crippen LogP contribution is 2.28. The summed E-state index contributed by atoms with van der Waals surface area (Å²) in [4.78, 5) is 11.4. The molecule has 0 spiro atoms. The van der Waals surface area contributed by atoms with Gasteiger partial charge in [0.2, 0.25) is 0 Å². The zero-order chi connectivity index (χ0) is 17.2. The topological polar surface area (TPSA) is 72.0 Å². The first-order valence-corrected chi connectivity index (χ1v) is 9.38. The molecule has 0 radical (unpaired) electrons. The number of hydrazone groups is 1. The Morgan fingerprint density at radius 1 is 1.35 bits per heavy atom. The van der Waals surface area contributed by atoms with Gasteiger partial charge in [-0.25, -0.2) is 4.79 Å². The maximum absolute atomic E-state index is 11.4. The third-order valence-corrected chi connectivity index (χ3v) is 4.22. The van der Waals surface area contributed by atoms with Gasteiger partial charge in [0.05, 0.1) is 20.0 Å². The number of halogens is 2. The molecule has 0 saturated heterocycles. The Balaban J connectivity index is 2.71. The van der Waals surface area contributed by atoms with E-state index in [0.29, 0.717) is 17.5 Å². The number of benzene rings is 1. The molecule has 0 aliphatic rings. The van der Waals surface area contributed by atoms with Crippen molar-refractivity contribution in [3.05, 3.63) is 24.8 Å². The summed E-state index contributed by atoms with van der Waals surface area (Å²) in [7, 11) is 0. The summed E-state index contributed by atoms with van der Waals surface area (Å²) in [5.41, 5.74) is 3.63. The van der Waals surface area contributed by atoms with E-state index >= 15 is 0 Å². The summed E-state index contributed by atoms with van der Waals surface area (Å²) in [6, 6.07) is 3.81. The number of carbonyl (C=O) groups excluding carboxylic acids is 1. The number of esters is 1. The van der Waals surface area contributed by atoms with Crippen LogP contribution < -0.4 is 15.5 Å². The molecule has 2 N–H and O–H groups in total. The minimum absolute atomic E-state index is 0.105. The highest BCUT2D eigenvalue weighted by molar-refractivity contribution is 14.1. The average Bonchev–Trinajstić information content (AvgIpc) is 2.47. The van der Waals surface area contributed by atoms with Crippen LogP contribution in [0.25, 0.3) is 0 Å². The van der Waals surface area contributed by atoms with Crippen LogP contribution in [0.4, 0.5) is 0 Å². The lowest BCUT2D eigenvalue weighted by atomic mass is 10.2. The summed E-state index contributed by atoms with van der Waals surface area (Å²) < 4.78 is 12.1. The van der Waals surface area contributed by atoms with Crippen LogP contribution in [0.2, 0.25) is 0 Å². The first kappa shape index (κ1) is 20.4. The molecular formula is C14H17I2N3O3S. The zero-order valence-corrected chi connectivity index (χ0v) is 17.8. The van der Waals surface area contributed by atoms with Crippen molar-refractivity contribution in [2.24, 2.45) is 5.10 Å². The van der Waals surface area contributed by atoms with Crippen LogP contribution in [0, 0.1) is 7.14 Å². The van der Waals surface area contributed by atoms with Gasteiger partial charge in [-0.1, -0.05) is 0 Å². The van der Waals surface area contributed by atoms with Crippen LogP contribution >= 0.6 is 57.4 Å². The van der Waals surface area contributed by atoms with Crippen molar-refractivity contribution in [1.29, 1.82) is 0 Å². The number of hydrogen-bond acceptors (Lipinski definition) is 5. The quantitative estimate of drug-likeness (QED) is 0.176. The number of thiocarbonyl (C=S) groups is 1. The average molecular weight is 561 g/mol. The SMILES string of the molecule is CCNC(=S)N/N=C\c1cc(I)c(OCC(=O)OCC)c(I)c1. The number of hydrogen-bond donors (Lipinski definition) is 2. The largest absolute Gasteiger partial charge is 0.480 e. The third kappa shape index (κ3) is 7.61. The number of rotatable bonds is 7. The van der Waals surface area contributed by atoms with Crippen molar-refractivity contribution in [3.63, 3.8) is 0 Å². The molecule has 0 aliphatic carbocycles. The van der Waals surface area contributed by atoms with Gasteiger partial charge in [0.15, 0.2) is 11.7 Å². The molecule has 0 aromatic heterocycles. The summed E-state index contributed by atoms with van der Waals surface area (Å²) >= 11 is 9.33. The van der Waals surface area contributed by atoms with E-state index in [0.717, 1.165) is 19.2 Å². The van der Waals surface area contributed by atoms with Crippen molar-refractivity contribution < 1.29 is 14.3 Å². The van der Waals surface area contributed by atoms with Crippen molar-refractivity contribution >= 4 is 74.7 Å². The molecule has 0 saturated carbocycles. The Bertz CT molecular complexity index is 574. The molecular weight excluding hydrogens is 544 g/mol. The van der Waals surface area contributed by atoms with Crippen molar-refractivity contribution in [2.45, 2.75) is 13.8 Å². The highest BCUT2D eigenvalue weighted by atomic mass is 127. The van der Waals surface area contributed by atoms with Crippen molar-refractivity contribution in [2.75, 3.05) is 19.8 Å². The minimum atomic E-state index is -0.383. The smallest absolute Gasteiger partial charge is 0.344 e. The molecule has 9 heteroatoms. The first-order valence-electron chi connectivity index (χ1n) is 6.82. The fourth-order valence-electron chi connectivity index (χ4n) is 1.49. The maximum atomic E-state index is 11.4. The van der Waals surface area contributed by atoms with Gasteiger partial charge >= 0.3 is 5.97 Å². The standard InChI is InChI=1S/C14H17I2N3O3S/c1-3-17-14(23)19-18-7-9-5-10(15)13(11(16)6-9)22-8-12(20)21-4-2/h5-7H,3-4,8H2,1-2H3,(H2,17,19,23)/b18-7-. The van der Waals surface area contributed by atoms with Crippen LogP contribution in [0.15, 0.2) is 17.2 Å². The molecule has 1 aromatic carbocycles. The summed E-state index contributed by atoms with van der Waals surface area (Å²) in [5.74, 6) is 0.276. The van der Waals surface area contributed by atoms with Gasteiger partial charge < -0.3 is 14.8 Å². The fourth-order valence-corrected chi connectivity index (χ4v) is 3.82. The number of carbonyl (C=O) groups is 1. The molecule has 0 unspecified atom stereocenters. The van der Waals surface area contributed by atoms with Gasteiger partial charge in [-0.15, -0.1) is 0 Å². The van der Waals surface area contributed by atoms with Crippen LogP contribution in [0.3, 0.4) is 0 Å². The Morgan fingerprint density at radius 3 is 2.57 bits per heavy atom.